The highest BCUT2D eigenvalue weighted by Crippen LogP contribution is 2.09. The topological polar surface area (TPSA) is 196 Å². The molecule has 2 atom stereocenters. The number of carbonyl (C=O) groups is 6. The van der Waals surface area contributed by atoms with Crippen molar-refractivity contribution >= 4 is 47.3 Å². The molecule has 1 aliphatic rings. The molecule has 12 nitrogen and oxygen atoms in total. The second-order valence-electron chi connectivity index (χ2n) is 5.95. The minimum atomic E-state index is -1.26. The van der Waals surface area contributed by atoms with Crippen LogP contribution in [-0.2, 0) is 28.8 Å². The molecule has 0 aromatic heterocycles. The molecule has 13 heteroatoms. The van der Waals surface area contributed by atoms with Gasteiger partial charge >= 0.3 is 11.9 Å². The molecule has 1 aliphatic heterocycles. The first-order valence-corrected chi connectivity index (χ1v) is 9.65. The van der Waals surface area contributed by atoms with Gasteiger partial charge in [-0.05, 0) is 6.42 Å². The normalized spacial score (nSPS) is 15.1. The molecule has 1 rings (SSSR count). The number of thioether (sulfide) groups is 1. The van der Waals surface area contributed by atoms with Gasteiger partial charge in [0.25, 0.3) is 11.8 Å². The lowest BCUT2D eigenvalue weighted by molar-refractivity contribution is -0.139. The van der Waals surface area contributed by atoms with Gasteiger partial charge in [-0.3, -0.25) is 33.7 Å². The van der Waals surface area contributed by atoms with E-state index in [-0.39, 0.29) is 25.1 Å². The van der Waals surface area contributed by atoms with Gasteiger partial charge in [-0.2, -0.15) is 11.8 Å². The number of rotatable bonds is 13. The average molecular weight is 430 g/mol. The zero-order valence-electron chi connectivity index (χ0n) is 15.3. The van der Waals surface area contributed by atoms with Crippen LogP contribution in [0.15, 0.2) is 12.2 Å². The highest BCUT2D eigenvalue weighted by atomic mass is 32.2. The summed E-state index contributed by atoms with van der Waals surface area (Å²) in [7, 11) is 0. The zero-order valence-corrected chi connectivity index (χ0v) is 16.1. The molecular formula is C16H22N4O8S. The minimum absolute atomic E-state index is 0.0474. The summed E-state index contributed by atoms with van der Waals surface area (Å²) in [5.74, 6) is -4.40. The number of hydrogen-bond donors (Lipinski definition) is 5. The number of amides is 4. The molecule has 29 heavy (non-hydrogen) atoms. The van der Waals surface area contributed by atoms with Crippen LogP contribution in [0.2, 0.25) is 0 Å². The molecule has 0 saturated carbocycles. The number of nitrogens with two attached hydrogens (primary N) is 1. The molecule has 0 spiro atoms. The van der Waals surface area contributed by atoms with E-state index in [0.717, 1.165) is 17.1 Å². The molecule has 0 aliphatic carbocycles. The van der Waals surface area contributed by atoms with E-state index < -0.39 is 54.2 Å². The fourth-order valence-corrected chi connectivity index (χ4v) is 3.10. The van der Waals surface area contributed by atoms with Crippen molar-refractivity contribution in [1.82, 2.24) is 15.5 Å². The Morgan fingerprint density at radius 2 is 1.76 bits per heavy atom. The van der Waals surface area contributed by atoms with E-state index in [0.29, 0.717) is 5.75 Å². The van der Waals surface area contributed by atoms with E-state index in [9.17, 15) is 28.8 Å². The van der Waals surface area contributed by atoms with Gasteiger partial charge < -0.3 is 26.6 Å². The quantitative estimate of drug-likeness (QED) is 0.154. The molecule has 1 heterocycles. The van der Waals surface area contributed by atoms with Crippen molar-refractivity contribution in [1.29, 1.82) is 0 Å². The summed E-state index contributed by atoms with van der Waals surface area (Å²) in [6.45, 7) is -0.525. The summed E-state index contributed by atoms with van der Waals surface area (Å²) >= 11 is 1.17. The van der Waals surface area contributed by atoms with Gasteiger partial charge in [0.15, 0.2) is 0 Å². The Bertz CT molecular complexity index is 693. The number of imide groups is 1. The highest BCUT2D eigenvalue weighted by molar-refractivity contribution is 7.99. The first-order valence-electron chi connectivity index (χ1n) is 8.50. The van der Waals surface area contributed by atoms with Crippen molar-refractivity contribution < 1.29 is 39.0 Å². The molecule has 0 bridgehead atoms. The predicted octanol–water partition coefficient (Wildman–Crippen LogP) is -2.48. The molecule has 160 valence electrons. The molecule has 0 saturated heterocycles. The van der Waals surface area contributed by atoms with Crippen LogP contribution in [0, 0.1) is 0 Å². The molecule has 2 unspecified atom stereocenters. The van der Waals surface area contributed by atoms with E-state index in [1.54, 1.807) is 0 Å². The predicted molar refractivity (Wildman–Crippen MR) is 101 cm³/mol. The number of carbonyl (C=O) groups excluding carboxylic acids is 4. The second kappa shape index (κ2) is 11.8. The number of carboxylic acids is 2. The van der Waals surface area contributed by atoms with E-state index in [2.05, 4.69) is 10.6 Å². The zero-order chi connectivity index (χ0) is 22.0. The number of nitrogens with zero attached hydrogens (tertiary/aromatic N) is 1. The third-order valence-corrected chi connectivity index (χ3v) is 4.75. The van der Waals surface area contributed by atoms with Crippen LogP contribution in [0.5, 0.6) is 0 Å². The van der Waals surface area contributed by atoms with Crippen LogP contribution < -0.4 is 16.4 Å². The first kappa shape index (κ1) is 24.1. The Balaban J connectivity index is 2.53. The summed E-state index contributed by atoms with van der Waals surface area (Å²) in [5, 5.41) is 21.9. The fraction of sp³-hybridized carbons (Fsp3) is 0.500. The SMILES string of the molecule is NC(CCC(=O)NC(CSCCN1C(=O)C=CC1=O)C(=O)NCC(=O)O)C(=O)O. The maximum absolute atomic E-state index is 12.1. The summed E-state index contributed by atoms with van der Waals surface area (Å²) in [6.07, 6.45) is 1.93. The van der Waals surface area contributed by atoms with Gasteiger partial charge in [0.2, 0.25) is 11.8 Å². The number of hydrogen-bond acceptors (Lipinski definition) is 8. The van der Waals surface area contributed by atoms with Crippen LogP contribution in [0.4, 0.5) is 0 Å². The third-order valence-electron chi connectivity index (χ3n) is 3.71. The van der Waals surface area contributed by atoms with Gasteiger partial charge in [-0.25, -0.2) is 0 Å². The lowest BCUT2D eigenvalue weighted by atomic mass is 10.1. The summed E-state index contributed by atoms with van der Waals surface area (Å²) < 4.78 is 0. The monoisotopic (exact) mass is 430 g/mol. The van der Waals surface area contributed by atoms with Crippen LogP contribution in [0.1, 0.15) is 12.8 Å². The summed E-state index contributed by atoms with van der Waals surface area (Å²) in [5.41, 5.74) is 5.32. The fourth-order valence-electron chi connectivity index (χ4n) is 2.15. The van der Waals surface area contributed by atoms with E-state index in [1.165, 1.54) is 11.8 Å². The van der Waals surface area contributed by atoms with Crippen molar-refractivity contribution in [3.8, 4) is 0 Å². The lowest BCUT2D eigenvalue weighted by Crippen LogP contribution is -2.49. The van der Waals surface area contributed by atoms with Gasteiger partial charge in [0, 0.05) is 36.6 Å². The van der Waals surface area contributed by atoms with Gasteiger partial charge in [-0.1, -0.05) is 0 Å². The summed E-state index contributed by atoms with van der Waals surface area (Å²) in [6, 6.07) is -2.31. The molecule has 0 aromatic rings. The van der Waals surface area contributed by atoms with E-state index >= 15 is 0 Å². The maximum atomic E-state index is 12.1. The van der Waals surface area contributed by atoms with Crippen molar-refractivity contribution in [3.63, 3.8) is 0 Å². The van der Waals surface area contributed by atoms with Crippen LogP contribution in [-0.4, -0.2) is 87.4 Å². The Labute approximate surface area is 169 Å². The molecule has 0 fully saturated rings. The molecule has 0 aromatic carbocycles. The number of nitrogens with one attached hydrogen (secondary N) is 2. The van der Waals surface area contributed by atoms with Crippen molar-refractivity contribution in [3.05, 3.63) is 12.2 Å². The third kappa shape index (κ3) is 8.74. The van der Waals surface area contributed by atoms with Crippen LogP contribution in [0.25, 0.3) is 0 Å². The smallest absolute Gasteiger partial charge is 0.322 e. The van der Waals surface area contributed by atoms with Crippen molar-refractivity contribution in [2.75, 3.05) is 24.6 Å². The van der Waals surface area contributed by atoms with Gasteiger partial charge in [0.05, 0.1) is 0 Å². The van der Waals surface area contributed by atoms with Crippen LogP contribution >= 0.6 is 11.8 Å². The van der Waals surface area contributed by atoms with Gasteiger partial charge in [0.1, 0.15) is 18.6 Å². The Morgan fingerprint density at radius 3 is 2.31 bits per heavy atom. The molecule has 4 amide bonds. The second-order valence-corrected chi connectivity index (χ2v) is 7.10. The van der Waals surface area contributed by atoms with Gasteiger partial charge in [-0.15, -0.1) is 0 Å². The number of aliphatic carboxylic acids is 2. The van der Waals surface area contributed by atoms with E-state index in [1.807, 2.05) is 0 Å². The largest absolute Gasteiger partial charge is 0.480 e. The molecule has 0 radical (unpaired) electrons. The summed E-state index contributed by atoms with van der Waals surface area (Å²) in [4.78, 5) is 69.4. The standard InChI is InChI=1S/C16H22N4O8S/c17-9(16(27)28)1-2-11(21)19-10(15(26)18-7-14(24)25)8-29-6-5-20-12(22)3-4-13(20)23/h3-4,9-10H,1-2,5-8,17H2,(H,18,26)(H,19,21)(H,24,25)(H,27,28). The Kier molecular flexibility index (Phi) is 9.82. The molecular weight excluding hydrogens is 408 g/mol. The van der Waals surface area contributed by atoms with E-state index in [4.69, 9.17) is 15.9 Å². The Hall–Kier alpha value is -2.93. The Morgan fingerprint density at radius 1 is 1.14 bits per heavy atom. The van der Waals surface area contributed by atoms with Crippen molar-refractivity contribution in [2.24, 2.45) is 5.73 Å². The highest BCUT2D eigenvalue weighted by Gasteiger charge is 2.25. The molecule has 6 N–H and O–H groups in total. The van der Waals surface area contributed by atoms with Crippen LogP contribution in [0.3, 0.4) is 0 Å². The van der Waals surface area contributed by atoms with Crippen molar-refractivity contribution in [2.45, 2.75) is 24.9 Å². The lowest BCUT2D eigenvalue weighted by Gasteiger charge is -2.19. The first-order chi connectivity index (χ1) is 13.6. The minimum Gasteiger partial charge on any atom is -0.480 e. The maximum Gasteiger partial charge on any atom is 0.322 e. The number of carboxylic acid groups (broad SMARTS) is 2. The average Bonchev–Trinajstić information content (AvgIpc) is 2.97.